The smallest absolute Gasteiger partial charge is 0.339 e. The van der Waals surface area contributed by atoms with Crippen molar-refractivity contribution in [2.24, 2.45) is 0 Å². The van der Waals surface area contributed by atoms with E-state index in [0.717, 1.165) is 0 Å². The fourth-order valence-corrected chi connectivity index (χ4v) is 1.17. The lowest BCUT2D eigenvalue weighted by molar-refractivity contribution is 0.0600. The van der Waals surface area contributed by atoms with Crippen molar-refractivity contribution in [3.63, 3.8) is 0 Å². The van der Waals surface area contributed by atoms with E-state index < -0.39 is 0 Å². The molecule has 0 saturated carbocycles. The Morgan fingerprint density at radius 1 is 1.47 bits per heavy atom. The highest BCUT2D eigenvalue weighted by Gasteiger charge is 2.05. The first-order chi connectivity index (χ1) is 7.31. The topological polar surface area (TPSA) is 57.0 Å². The zero-order valence-corrected chi connectivity index (χ0v) is 8.12. The molecule has 0 spiro atoms. The van der Waals surface area contributed by atoms with Crippen LogP contribution in [0.5, 0.6) is 0 Å². The second-order valence-electron chi connectivity index (χ2n) is 2.87. The Hall–Kier alpha value is -2.17. The molecule has 0 aliphatic rings. The maximum atomic E-state index is 11.1. The van der Waals surface area contributed by atoms with Gasteiger partial charge in [0.15, 0.2) is 0 Å². The van der Waals surface area contributed by atoms with Gasteiger partial charge in [-0.05, 0) is 12.1 Å². The molecule has 2 aromatic rings. The molecule has 15 heavy (non-hydrogen) atoms. The summed E-state index contributed by atoms with van der Waals surface area (Å²) in [5.74, 6) is 0.319. The van der Waals surface area contributed by atoms with Gasteiger partial charge in [0.05, 0.1) is 12.7 Å². The van der Waals surface area contributed by atoms with Gasteiger partial charge >= 0.3 is 5.97 Å². The second kappa shape index (κ2) is 3.91. The number of rotatable bonds is 2. The van der Waals surface area contributed by atoms with E-state index >= 15 is 0 Å². The van der Waals surface area contributed by atoms with Gasteiger partial charge in [0.25, 0.3) is 0 Å². The van der Waals surface area contributed by atoms with Crippen LogP contribution in [0.1, 0.15) is 10.4 Å². The highest BCUT2D eigenvalue weighted by atomic mass is 16.5. The van der Waals surface area contributed by atoms with Crippen molar-refractivity contribution < 1.29 is 9.53 Å². The lowest BCUT2D eigenvalue weighted by atomic mass is 10.3. The van der Waals surface area contributed by atoms with Gasteiger partial charge in [-0.3, -0.25) is 4.57 Å². The molecule has 5 nitrogen and oxygen atoms in total. The highest BCUT2D eigenvalue weighted by Crippen LogP contribution is 2.05. The zero-order chi connectivity index (χ0) is 10.7. The molecule has 2 heterocycles. The number of hydrogen-bond donors (Lipinski definition) is 0. The lowest BCUT2D eigenvalue weighted by Crippen LogP contribution is -2.03. The number of pyridine rings is 1. The summed E-state index contributed by atoms with van der Waals surface area (Å²) in [6, 6.07) is 3.39. The van der Waals surface area contributed by atoms with Crippen LogP contribution in [-0.2, 0) is 4.74 Å². The third kappa shape index (κ3) is 1.85. The summed E-state index contributed by atoms with van der Waals surface area (Å²) >= 11 is 0. The Balaban J connectivity index is 2.29. The van der Waals surface area contributed by atoms with E-state index in [9.17, 15) is 4.79 Å². The van der Waals surface area contributed by atoms with Gasteiger partial charge in [0.2, 0.25) is 0 Å². The minimum Gasteiger partial charge on any atom is -0.465 e. The minimum atomic E-state index is -0.389. The average Bonchev–Trinajstić information content (AvgIpc) is 2.82. The fraction of sp³-hybridized carbons (Fsp3) is 0.100. The first-order valence-electron chi connectivity index (χ1n) is 4.34. The van der Waals surface area contributed by atoms with E-state index in [2.05, 4.69) is 14.7 Å². The van der Waals surface area contributed by atoms with Gasteiger partial charge in [0, 0.05) is 18.6 Å². The number of carbonyl (C=O) groups excluding carboxylic acids is 1. The van der Waals surface area contributed by atoms with Crippen LogP contribution in [0.25, 0.3) is 5.82 Å². The predicted molar refractivity (Wildman–Crippen MR) is 52.7 cm³/mol. The van der Waals surface area contributed by atoms with Gasteiger partial charge in [-0.25, -0.2) is 14.8 Å². The molecular weight excluding hydrogens is 194 g/mol. The van der Waals surface area contributed by atoms with Crippen LogP contribution in [0.2, 0.25) is 0 Å². The number of esters is 1. The Bertz CT molecular complexity index is 448. The Labute approximate surface area is 86.4 Å². The summed E-state index contributed by atoms with van der Waals surface area (Å²) in [5.41, 5.74) is 0.432. The van der Waals surface area contributed by atoms with E-state index in [1.807, 2.05) is 0 Å². The number of nitrogens with zero attached hydrogens (tertiary/aromatic N) is 3. The standard InChI is InChI=1S/C10H9N3O2/c1-15-10(14)8-2-3-9(12-6-8)13-5-4-11-7-13/h2-7H,1H3. The van der Waals surface area contributed by atoms with Crippen LogP contribution in [-0.4, -0.2) is 27.6 Å². The van der Waals surface area contributed by atoms with Crippen molar-refractivity contribution in [1.29, 1.82) is 0 Å². The van der Waals surface area contributed by atoms with Crippen LogP contribution in [0.3, 0.4) is 0 Å². The number of carbonyl (C=O) groups is 1. The first kappa shape index (κ1) is 9.39. The van der Waals surface area contributed by atoms with Crippen LogP contribution in [0.15, 0.2) is 37.1 Å². The molecule has 2 aromatic heterocycles. The molecule has 0 aromatic carbocycles. The molecule has 2 rings (SSSR count). The fourth-order valence-electron chi connectivity index (χ4n) is 1.17. The third-order valence-corrected chi connectivity index (χ3v) is 1.94. The van der Waals surface area contributed by atoms with Crippen LogP contribution < -0.4 is 0 Å². The highest BCUT2D eigenvalue weighted by molar-refractivity contribution is 5.88. The van der Waals surface area contributed by atoms with Gasteiger partial charge in [-0.2, -0.15) is 0 Å². The van der Waals surface area contributed by atoms with Crippen molar-refractivity contribution >= 4 is 5.97 Å². The molecular formula is C10H9N3O2. The third-order valence-electron chi connectivity index (χ3n) is 1.94. The summed E-state index contributed by atoms with van der Waals surface area (Å²) in [7, 11) is 1.34. The van der Waals surface area contributed by atoms with Crippen molar-refractivity contribution in [3.8, 4) is 5.82 Å². The molecule has 5 heteroatoms. The maximum absolute atomic E-state index is 11.1. The largest absolute Gasteiger partial charge is 0.465 e. The molecule has 0 bridgehead atoms. The second-order valence-corrected chi connectivity index (χ2v) is 2.87. The molecule has 0 aliphatic carbocycles. The zero-order valence-electron chi connectivity index (χ0n) is 8.12. The summed E-state index contributed by atoms with van der Waals surface area (Å²) in [5, 5.41) is 0. The van der Waals surface area contributed by atoms with Crippen LogP contribution in [0.4, 0.5) is 0 Å². The van der Waals surface area contributed by atoms with Crippen LogP contribution in [0, 0.1) is 0 Å². The minimum absolute atomic E-state index is 0.389. The monoisotopic (exact) mass is 203 g/mol. The van der Waals surface area contributed by atoms with Crippen molar-refractivity contribution in [2.45, 2.75) is 0 Å². The number of hydrogen-bond acceptors (Lipinski definition) is 4. The summed E-state index contributed by atoms with van der Waals surface area (Å²) < 4.78 is 6.32. The van der Waals surface area contributed by atoms with Crippen molar-refractivity contribution in [2.75, 3.05) is 7.11 Å². The Morgan fingerprint density at radius 2 is 2.33 bits per heavy atom. The van der Waals surface area contributed by atoms with Gasteiger partial charge in [0.1, 0.15) is 12.1 Å². The number of ether oxygens (including phenoxy) is 1. The molecule has 0 aliphatic heterocycles. The number of imidazole rings is 1. The van der Waals surface area contributed by atoms with Crippen molar-refractivity contribution in [1.82, 2.24) is 14.5 Å². The quantitative estimate of drug-likeness (QED) is 0.684. The summed E-state index contributed by atoms with van der Waals surface area (Å²) in [6.45, 7) is 0. The molecule has 0 unspecified atom stereocenters. The van der Waals surface area contributed by atoms with Gasteiger partial charge < -0.3 is 4.74 Å². The first-order valence-corrected chi connectivity index (χ1v) is 4.34. The Kier molecular flexibility index (Phi) is 2.45. The van der Waals surface area contributed by atoms with E-state index in [0.29, 0.717) is 11.4 Å². The van der Waals surface area contributed by atoms with E-state index in [1.165, 1.54) is 13.3 Å². The normalized spacial score (nSPS) is 9.93. The predicted octanol–water partition coefficient (Wildman–Crippen LogP) is 1.05. The van der Waals surface area contributed by atoms with Gasteiger partial charge in [-0.1, -0.05) is 0 Å². The summed E-state index contributed by atoms with van der Waals surface area (Å²) in [4.78, 5) is 19.1. The lowest BCUT2D eigenvalue weighted by Gasteiger charge is -2.01. The number of methoxy groups -OCH3 is 1. The molecule has 0 N–H and O–H groups in total. The van der Waals surface area contributed by atoms with E-state index in [-0.39, 0.29) is 5.97 Å². The molecule has 0 radical (unpaired) electrons. The van der Waals surface area contributed by atoms with Gasteiger partial charge in [-0.15, -0.1) is 0 Å². The van der Waals surface area contributed by atoms with E-state index in [1.54, 1.807) is 35.4 Å². The summed E-state index contributed by atoms with van der Waals surface area (Å²) in [6.07, 6.45) is 6.55. The molecule has 0 atom stereocenters. The maximum Gasteiger partial charge on any atom is 0.339 e. The SMILES string of the molecule is COC(=O)c1ccc(-n2ccnc2)nc1. The molecule has 0 amide bonds. The van der Waals surface area contributed by atoms with E-state index in [4.69, 9.17) is 0 Å². The molecule has 0 fully saturated rings. The average molecular weight is 203 g/mol. The number of aromatic nitrogens is 3. The van der Waals surface area contributed by atoms with Crippen LogP contribution >= 0.6 is 0 Å². The van der Waals surface area contributed by atoms with Crippen molar-refractivity contribution in [3.05, 3.63) is 42.6 Å². The molecule has 76 valence electrons. The Morgan fingerprint density at radius 3 is 2.87 bits per heavy atom. The molecule has 0 saturated heterocycles.